The molecule has 1 atom stereocenters. The number of anilines is 1. The molecule has 2 saturated heterocycles. The van der Waals surface area contributed by atoms with Gasteiger partial charge >= 0.3 is 0 Å². The number of piperazine rings is 1. The van der Waals surface area contributed by atoms with Crippen LogP contribution >= 0.6 is 0 Å². The van der Waals surface area contributed by atoms with Crippen LogP contribution in [0.4, 0.5) is 5.69 Å². The second kappa shape index (κ2) is 8.25. The maximum absolute atomic E-state index is 12.4. The Morgan fingerprint density at radius 3 is 2.36 bits per heavy atom. The molecular weight excluding hydrogens is 404 g/mol. The number of hydrogen-bond acceptors (Lipinski definition) is 7. The molecule has 2 aliphatic rings. The van der Waals surface area contributed by atoms with Crippen LogP contribution in [0.2, 0.25) is 0 Å². The maximum atomic E-state index is 12.4. The molecule has 2 N–H and O–H groups in total. The molecule has 2 fully saturated rings. The highest BCUT2D eigenvalue weighted by Gasteiger charge is 2.27. The fourth-order valence-electron chi connectivity index (χ4n) is 3.62. The van der Waals surface area contributed by atoms with E-state index in [1.54, 1.807) is 0 Å². The summed E-state index contributed by atoms with van der Waals surface area (Å²) >= 11 is 0. The Morgan fingerprint density at radius 2 is 1.82 bits per heavy atom. The minimum atomic E-state index is -4.08. The van der Waals surface area contributed by atoms with Gasteiger partial charge in [-0.2, -0.15) is 0 Å². The molecule has 1 aromatic rings. The Balaban J connectivity index is 1.80. The number of hydrogen-bond donors (Lipinski definition) is 1. The summed E-state index contributed by atoms with van der Waals surface area (Å²) in [6.45, 7) is 5.51. The van der Waals surface area contributed by atoms with Gasteiger partial charge in [-0.15, -0.1) is 0 Å². The van der Waals surface area contributed by atoms with Crippen molar-refractivity contribution in [2.24, 2.45) is 11.1 Å². The first kappa shape index (κ1) is 21.5. The molecule has 11 heteroatoms. The van der Waals surface area contributed by atoms with E-state index in [2.05, 4.69) is 4.90 Å². The van der Waals surface area contributed by atoms with Gasteiger partial charge in [-0.25, -0.2) is 26.3 Å². The summed E-state index contributed by atoms with van der Waals surface area (Å²) in [6.07, 6.45) is 1.08. The fourth-order valence-corrected chi connectivity index (χ4v) is 5.40. The Hall–Kier alpha value is -1.24. The molecule has 1 aromatic carbocycles. The van der Waals surface area contributed by atoms with E-state index in [-0.39, 0.29) is 9.79 Å². The van der Waals surface area contributed by atoms with E-state index >= 15 is 0 Å². The molecule has 3 rings (SSSR count). The summed E-state index contributed by atoms with van der Waals surface area (Å²) in [6, 6.07) is 4.13. The van der Waals surface area contributed by atoms with Gasteiger partial charge in [-0.05, 0) is 30.5 Å². The summed E-state index contributed by atoms with van der Waals surface area (Å²) in [5, 5.41) is 5.40. The second-order valence-electron chi connectivity index (χ2n) is 7.48. The lowest BCUT2D eigenvalue weighted by Gasteiger charge is -2.37. The molecule has 0 unspecified atom stereocenters. The van der Waals surface area contributed by atoms with Crippen molar-refractivity contribution >= 4 is 25.7 Å². The normalized spacial score (nSPS) is 22.1. The number of ether oxygens (including phenoxy) is 1. The Bertz CT molecular complexity index is 903. The third-order valence-corrected chi connectivity index (χ3v) is 8.02. The third kappa shape index (κ3) is 4.66. The molecule has 0 spiro atoms. The van der Waals surface area contributed by atoms with Crippen molar-refractivity contribution in [1.82, 2.24) is 9.21 Å². The lowest BCUT2D eigenvalue weighted by atomic mass is 10.1. The molecule has 158 valence electrons. The number of nitrogens with zero attached hydrogens (tertiary/aromatic N) is 3. The first-order valence-corrected chi connectivity index (χ1v) is 12.2. The van der Waals surface area contributed by atoms with Crippen molar-refractivity contribution < 1.29 is 21.6 Å². The Kier molecular flexibility index (Phi) is 6.32. The van der Waals surface area contributed by atoms with Crippen LogP contribution in [-0.2, 0) is 24.8 Å². The van der Waals surface area contributed by atoms with E-state index in [0.29, 0.717) is 24.7 Å². The smallest absolute Gasteiger partial charge is 0.242 e. The van der Waals surface area contributed by atoms with E-state index < -0.39 is 20.0 Å². The molecule has 0 aliphatic carbocycles. The summed E-state index contributed by atoms with van der Waals surface area (Å²) in [5.41, 5.74) is 0.448. The minimum Gasteiger partial charge on any atom is -0.381 e. The predicted molar refractivity (Wildman–Crippen MR) is 106 cm³/mol. The van der Waals surface area contributed by atoms with Gasteiger partial charge in [0.2, 0.25) is 20.0 Å². The first-order chi connectivity index (χ1) is 13.1. The average Bonchev–Trinajstić information content (AvgIpc) is 3.14. The van der Waals surface area contributed by atoms with E-state index in [1.165, 1.54) is 26.2 Å². The topological polar surface area (TPSA) is 113 Å². The predicted octanol–water partition coefficient (Wildman–Crippen LogP) is -0.257. The molecule has 0 saturated carbocycles. The van der Waals surface area contributed by atoms with Crippen LogP contribution in [0.25, 0.3) is 0 Å². The van der Waals surface area contributed by atoms with Gasteiger partial charge in [0.1, 0.15) is 4.90 Å². The Morgan fingerprint density at radius 1 is 1.14 bits per heavy atom. The SMILES string of the molecule is CN(C)S(=O)(=O)c1ccc(N2CCN(C[C@H]3CCOC3)CC2)c(S(N)(=O)=O)c1. The molecule has 0 amide bonds. The van der Waals surface area contributed by atoms with Crippen molar-refractivity contribution in [3.05, 3.63) is 18.2 Å². The van der Waals surface area contributed by atoms with Crippen LogP contribution in [-0.4, -0.2) is 86.1 Å². The summed E-state index contributed by atoms with van der Waals surface area (Å²) in [5.74, 6) is 0.557. The van der Waals surface area contributed by atoms with E-state index in [1.807, 2.05) is 4.90 Å². The van der Waals surface area contributed by atoms with Gasteiger partial charge in [0.05, 0.1) is 17.2 Å². The number of sulfonamides is 2. The number of benzene rings is 1. The summed E-state index contributed by atoms with van der Waals surface area (Å²) < 4.78 is 55.5. The number of nitrogens with two attached hydrogens (primary N) is 1. The summed E-state index contributed by atoms with van der Waals surface area (Å²) in [7, 11) is -5.04. The van der Waals surface area contributed by atoms with E-state index in [0.717, 1.165) is 49.6 Å². The number of primary sulfonamides is 1. The standard InChI is InChI=1S/C17H28N4O5S2/c1-19(2)28(24,25)15-3-4-16(17(11-15)27(18,22)23)21-8-6-20(7-9-21)12-14-5-10-26-13-14/h3-4,11,14H,5-10,12-13H2,1-2H3,(H2,18,22,23)/t14-/m1/s1. The quantitative estimate of drug-likeness (QED) is 0.659. The molecule has 2 heterocycles. The van der Waals surface area contributed by atoms with Crippen molar-refractivity contribution in [3.63, 3.8) is 0 Å². The van der Waals surface area contributed by atoms with E-state index in [9.17, 15) is 16.8 Å². The van der Waals surface area contributed by atoms with Crippen LogP contribution < -0.4 is 10.0 Å². The Labute approximate surface area is 167 Å². The van der Waals surface area contributed by atoms with Gasteiger partial charge in [0.15, 0.2) is 0 Å². The van der Waals surface area contributed by atoms with Crippen molar-refractivity contribution in [3.8, 4) is 0 Å². The third-order valence-electron chi connectivity index (χ3n) is 5.27. The minimum absolute atomic E-state index is 0.0925. The second-order valence-corrected chi connectivity index (χ2v) is 11.2. The summed E-state index contributed by atoms with van der Waals surface area (Å²) in [4.78, 5) is 4.06. The van der Waals surface area contributed by atoms with Crippen molar-refractivity contribution in [2.75, 3.05) is 64.9 Å². The van der Waals surface area contributed by atoms with Crippen LogP contribution in [0.3, 0.4) is 0 Å². The molecule has 28 heavy (non-hydrogen) atoms. The zero-order chi connectivity index (χ0) is 20.5. The molecule has 0 radical (unpaired) electrons. The highest BCUT2D eigenvalue weighted by molar-refractivity contribution is 7.90. The largest absolute Gasteiger partial charge is 0.381 e. The molecular formula is C17H28N4O5S2. The van der Waals surface area contributed by atoms with Crippen LogP contribution in [0.5, 0.6) is 0 Å². The van der Waals surface area contributed by atoms with Crippen molar-refractivity contribution in [2.45, 2.75) is 16.2 Å². The van der Waals surface area contributed by atoms with Gasteiger partial charge in [-0.1, -0.05) is 0 Å². The first-order valence-electron chi connectivity index (χ1n) is 9.23. The fraction of sp³-hybridized carbons (Fsp3) is 0.647. The van der Waals surface area contributed by atoms with E-state index in [4.69, 9.17) is 9.88 Å². The average molecular weight is 433 g/mol. The monoisotopic (exact) mass is 432 g/mol. The van der Waals surface area contributed by atoms with Crippen LogP contribution in [0, 0.1) is 5.92 Å². The van der Waals surface area contributed by atoms with Gasteiger partial charge in [0.25, 0.3) is 0 Å². The van der Waals surface area contributed by atoms with Crippen LogP contribution in [0.15, 0.2) is 28.0 Å². The van der Waals surface area contributed by atoms with Gasteiger partial charge in [0, 0.05) is 53.4 Å². The molecule has 0 aromatic heterocycles. The highest BCUT2D eigenvalue weighted by Crippen LogP contribution is 2.29. The van der Waals surface area contributed by atoms with Gasteiger partial charge in [-0.3, -0.25) is 4.90 Å². The lowest BCUT2D eigenvalue weighted by Crippen LogP contribution is -2.48. The van der Waals surface area contributed by atoms with Crippen molar-refractivity contribution in [1.29, 1.82) is 0 Å². The molecule has 9 nitrogen and oxygen atoms in total. The lowest BCUT2D eigenvalue weighted by molar-refractivity contribution is 0.164. The molecule has 2 aliphatic heterocycles. The maximum Gasteiger partial charge on any atom is 0.242 e. The zero-order valence-electron chi connectivity index (χ0n) is 16.2. The van der Waals surface area contributed by atoms with Gasteiger partial charge < -0.3 is 9.64 Å². The van der Waals surface area contributed by atoms with Crippen LogP contribution in [0.1, 0.15) is 6.42 Å². The molecule has 0 bridgehead atoms. The highest BCUT2D eigenvalue weighted by atomic mass is 32.2. The zero-order valence-corrected chi connectivity index (χ0v) is 17.9. The number of rotatable bonds is 6.